The molecule has 0 fully saturated rings. The summed E-state index contributed by atoms with van der Waals surface area (Å²) in [5, 5.41) is 19.3. The van der Waals surface area contributed by atoms with E-state index in [4.69, 9.17) is 9.47 Å². The molecule has 4 rings (SSSR count). The van der Waals surface area contributed by atoms with Crippen molar-refractivity contribution in [2.45, 2.75) is 0 Å². The molecule has 4 aromatic rings. The Bertz CT molecular complexity index is 1140. The van der Waals surface area contributed by atoms with E-state index in [2.05, 4.69) is 31.1 Å². The van der Waals surface area contributed by atoms with E-state index in [1.165, 1.54) is 22.3 Å². The van der Waals surface area contributed by atoms with Crippen LogP contribution in [-0.2, 0) is 0 Å². The average molecular weight is 423 g/mol. The standard InChI is InChI=1S/C19H17N7O3S/c1-28-16-8-5-13(9-17(16)29-2)22-19-23-15(10-30-19)18(27)21-12-3-6-14(7-4-12)26-11-20-24-25-26/h3-11H,1-2H3,(H,21,27)(H,22,23). The minimum Gasteiger partial charge on any atom is -0.493 e. The van der Waals surface area contributed by atoms with Crippen molar-refractivity contribution in [2.24, 2.45) is 0 Å². The minimum absolute atomic E-state index is 0.304. The second-order valence-corrected chi connectivity index (χ2v) is 6.85. The average Bonchev–Trinajstić information content (AvgIpc) is 3.47. The molecule has 1 amide bonds. The number of carbonyl (C=O) groups is 1. The summed E-state index contributed by atoms with van der Waals surface area (Å²) in [5.74, 6) is 0.928. The maximum absolute atomic E-state index is 12.5. The molecule has 0 unspecified atom stereocenters. The second-order valence-electron chi connectivity index (χ2n) is 5.99. The van der Waals surface area contributed by atoms with Crippen LogP contribution in [0.4, 0.5) is 16.5 Å². The molecule has 0 atom stereocenters. The molecular weight excluding hydrogens is 406 g/mol. The molecule has 2 aromatic heterocycles. The van der Waals surface area contributed by atoms with Crippen LogP contribution in [0.3, 0.4) is 0 Å². The van der Waals surface area contributed by atoms with Gasteiger partial charge in [0.1, 0.15) is 12.0 Å². The van der Waals surface area contributed by atoms with E-state index in [1.54, 1.807) is 56.0 Å². The van der Waals surface area contributed by atoms with Crippen molar-refractivity contribution in [1.82, 2.24) is 25.2 Å². The van der Waals surface area contributed by atoms with Crippen LogP contribution in [0.1, 0.15) is 10.5 Å². The van der Waals surface area contributed by atoms with Crippen molar-refractivity contribution < 1.29 is 14.3 Å². The molecule has 0 bridgehead atoms. The van der Waals surface area contributed by atoms with Crippen LogP contribution in [0.5, 0.6) is 11.5 Å². The Morgan fingerprint density at radius 1 is 1.03 bits per heavy atom. The Labute approximate surface area is 175 Å². The SMILES string of the molecule is COc1ccc(Nc2nc(C(=O)Nc3ccc(-n4cnnn4)cc3)cs2)cc1OC. The van der Waals surface area contributed by atoms with Gasteiger partial charge in [0.05, 0.1) is 19.9 Å². The van der Waals surface area contributed by atoms with Gasteiger partial charge in [0.25, 0.3) is 5.91 Å². The van der Waals surface area contributed by atoms with Crippen molar-refractivity contribution in [3.63, 3.8) is 0 Å². The topological polar surface area (TPSA) is 116 Å². The lowest BCUT2D eigenvalue weighted by molar-refractivity contribution is 0.102. The van der Waals surface area contributed by atoms with Gasteiger partial charge in [-0.1, -0.05) is 0 Å². The predicted octanol–water partition coefficient (Wildman–Crippen LogP) is 3.13. The Morgan fingerprint density at radius 2 is 1.80 bits per heavy atom. The first-order valence-electron chi connectivity index (χ1n) is 8.75. The predicted molar refractivity (Wildman–Crippen MR) is 112 cm³/mol. The van der Waals surface area contributed by atoms with Crippen molar-refractivity contribution >= 4 is 33.8 Å². The number of nitrogens with one attached hydrogen (secondary N) is 2. The third-order valence-electron chi connectivity index (χ3n) is 4.11. The van der Waals surface area contributed by atoms with E-state index in [1.807, 2.05) is 6.07 Å². The number of hydrogen-bond donors (Lipinski definition) is 2. The molecule has 0 radical (unpaired) electrons. The number of nitrogens with zero attached hydrogens (tertiary/aromatic N) is 5. The third kappa shape index (κ3) is 4.20. The number of aromatic nitrogens is 5. The molecule has 0 saturated heterocycles. The monoisotopic (exact) mass is 423 g/mol. The summed E-state index contributed by atoms with van der Waals surface area (Å²) >= 11 is 1.33. The van der Waals surface area contributed by atoms with Gasteiger partial charge in [-0.2, -0.15) is 0 Å². The Hall–Kier alpha value is -3.99. The molecule has 0 saturated carbocycles. The van der Waals surface area contributed by atoms with Gasteiger partial charge in [0.2, 0.25) is 0 Å². The first-order chi connectivity index (χ1) is 14.7. The fourth-order valence-corrected chi connectivity index (χ4v) is 3.36. The molecule has 0 aliphatic rings. The zero-order chi connectivity index (χ0) is 20.9. The second kappa shape index (κ2) is 8.57. The Balaban J connectivity index is 1.41. The number of benzene rings is 2. The lowest BCUT2D eigenvalue weighted by atomic mass is 10.2. The fraction of sp³-hybridized carbons (Fsp3) is 0.105. The maximum Gasteiger partial charge on any atom is 0.275 e. The van der Waals surface area contributed by atoms with E-state index >= 15 is 0 Å². The van der Waals surface area contributed by atoms with Crippen LogP contribution >= 0.6 is 11.3 Å². The largest absolute Gasteiger partial charge is 0.493 e. The lowest BCUT2D eigenvalue weighted by Crippen LogP contribution is -2.12. The quantitative estimate of drug-likeness (QED) is 0.466. The summed E-state index contributed by atoms with van der Waals surface area (Å²) in [6.07, 6.45) is 1.50. The first-order valence-corrected chi connectivity index (χ1v) is 9.63. The van der Waals surface area contributed by atoms with Crippen LogP contribution in [0.15, 0.2) is 54.2 Å². The normalized spacial score (nSPS) is 10.5. The number of rotatable bonds is 7. The third-order valence-corrected chi connectivity index (χ3v) is 4.87. The maximum atomic E-state index is 12.5. The van der Waals surface area contributed by atoms with Crippen LogP contribution in [-0.4, -0.2) is 45.3 Å². The molecule has 30 heavy (non-hydrogen) atoms. The molecule has 2 N–H and O–H groups in total. The molecule has 152 valence electrons. The van der Waals surface area contributed by atoms with Crippen molar-refractivity contribution in [3.05, 3.63) is 59.9 Å². The zero-order valence-corrected chi connectivity index (χ0v) is 16.9. The molecule has 2 heterocycles. The van der Waals surface area contributed by atoms with Gasteiger partial charge in [0.15, 0.2) is 16.6 Å². The van der Waals surface area contributed by atoms with Crippen molar-refractivity contribution in [2.75, 3.05) is 24.9 Å². The number of carbonyl (C=O) groups excluding carboxylic acids is 1. The van der Waals surface area contributed by atoms with E-state index in [9.17, 15) is 4.79 Å². The number of hydrogen-bond acceptors (Lipinski definition) is 9. The summed E-state index contributed by atoms with van der Waals surface area (Å²) in [6.45, 7) is 0. The van der Waals surface area contributed by atoms with E-state index < -0.39 is 0 Å². The zero-order valence-electron chi connectivity index (χ0n) is 16.1. The van der Waals surface area contributed by atoms with Gasteiger partial charge in [0, 0.05) is 22.8 Å². The molecule has 0 aliphatic heterocycles. The fourth-order valence-electron chi connectivity index (χ4n) is 2.65. The van der Waals surface area contributed by atoms with Crippen LogP contribution in [0.25, 0.3) is 5.69 Å². The lowest BCUT2D eigenvalue weighted by Gasteiger charge is -2.09. The molecule has 10 nitrogen and oxygen atoms in total. The number of methoxy groups -OCH3 is 2. The number of ether oxygens (including phenoxy) is 2. The molecular formula is C19H17N7O3S. The molecule has 11 heteroatoms. The van der Waals surface area contributed by atoms with Gasteiger partial charge in [-0.15, -0.1) is 16.4 Å². The highest BCUT2D eigenvalue weighted by Gasteiger charge is 2.12. The van der Waals surface area contributed by atoms with Gasteiger partial charge in [-0.05, 0) is 46.8 Å². The summed E-state index contributed by atoms with van der Waals surface area (Å²) in [5.41, 5.74) is 2.51. The van der Waals surface area contributed by atoms with Crippen molar-refractivity contribution in [1.29, 1.82) is 0 Å². The molecule has 0 aliphatic carbocycles. The van der Waals surface area contributed by atoms with Crippen LogP contribution < -0.4 is 20.1 Å². The van der Waals surface area contributed by atoms with Crippen molar-refractivity contribution in [3.8, 4) is 17.2 Å². The Kier molecular flexibility index (Phi) is 5.52. The number of anilines is 3. The van der Waals surface area contributed by atoms with Crippen LogP contribution in [0, 0.1) is 0 Å². The van der Waals surface area contributed by atoms with Gasteiger partial charge in [-0.3, -0.25) is 4.79 Å². The smallest absolute Gasteiger partial charge is 0.275 e. The summed E-state index contributed by atoms with van der Waals surface area (Å²) in [7, 11) is 3.15. The number of tetrazole rings is 1. The van der Waals surface area contributed by atoms with Gasteiger partial charge < -0.3 is 20.1 Å². The number of thiazole rings is 1. The van der Waals surface area contributed by atoms with Gasteiger partial charge in [-0.25, -0.2) is 9.67 Å². The first kappa shape index (κ1) is 19.3. The van der Waals surface area contributed by atoms with E-state index in [0.717, 1.165) is 11.4 Å². The summed E-state index contributed by atoms with van der Waals surface area (Å²) < 4.78 is 12.1. The summed E-state index contributed by atoms with van der Waals surface area (Å²) in [6, 6.07) is 12.6. The van der Waals surface area contributed by atoms with Gasteiger partial charge >= 0.3 is 0 Å². The highest BCUT2D eigenvalue weighted by Crippen LogP contribution is 2.31. The minimum atomic E-state index is -0.304. The number of amides is 1. The van der Waals surface area contributed by atoms with Crippen LogP contribution in [0.2, 0.25) is 0 Å². The van der Waals surface area contributed by atoms with E-state index in [0.29, 0.717) is 28.0 Å². The van der Waals surface area contributed by atoms with E-state index in [-0.39, 0.29) is 5.91 Å². The highest BCUT2D eigenvalue weighted by molar-refractivity contribution is 7.14. The highest BCUT2D eigenvalue weighted by atomic mass is 32.1. The Morgan fingerprint density at radius 3 is 2.50 bits per heavy atom. The molecule has 0 spiro atoms. The summed E-state index contributed by atoms with van der Waals surface area (Å²) in [4.78, 5) is 16.9. The molecule has 2 aromatic carbocycles.